The SMILES string of the molecule is Cc1ccccc1C(C)Cc1ccccc1O. The molecule has 0 saturated carbocycles. The summed E-state index contributed by atoms with van der Waals surface area (Å²) in [4.78, 5) is 0. The van der Waals surface area contributed by atoms with Crippen LogP contribution in [0.25, 0.3) is 0 Å². The largest absolute Gasteiger partial charge is 0.508 e. The zero-order chi connectivity index (χ0) is 12.3. The second kappa shape index (κ2) is 5.05. The van der Waals surface area contributed by atoms with Crippen molar-refractivity contribution in [2.45, 2.75) is 26.2 Å². The van der Waals surface area contributed by atoms with Crippen LogP contribution in [0.2, 0.25) is 0 Å². The standard InChI is InChI=1S/C16H18O/c1-12-7-3-5-9-15(12)13(2)11-14-8-4-6-10-16(14)17/h3-10,13,17H,11H2,1-2H3. The lowest BCUT2D eigenvalue weighted by Crippen LogP contribution is -2.00. The number of hydrogen-bond acceptors (Lipinski definition) is 1. The van der Waals surface area contributed by atoms with E-state index >= 15 is 0 Å². The quantitative estimate of drug-likeness (QED) is 0.837. The minimum atomic E-state index is 0.396. The number of para-hydroxylation sites is 1. The van der Waals surface area contributed by atoms with E-state index in [0.717, 1.165) is 12.0 Å². The number of hydrogen-bond donors (Lipinski definition) is 1. The van der Waals surface area contributed by atoms with Crippen LogP contribution in [0.4, 0.5) is 0 Å². The molecule has 2 rings (SSSR count). The molecule has 2 aromatic rings. The molecule has 2 aromatic carbocycles. The maximum Gasteiger partial charge on any atom is 0.118 e. The highest BCUT2D eigenvalue weighted by Gasteiger charge is 2.10. The molecule has 0 aliphatic carbocycles. The van der Waals surface area contributed by atoms with Crippen molar-refractivity contribution in [3.05, 3.63) is 65.2 Å². The first kappa shape index (κ1) is 11.7. The van der Waals surface area contributed by atoms with Crippen molar-refractivity contribution in [2.75, 3.05) is 0 Å². The fourth-order valence-electron chi connectivity index (χ4n) is 2.26. The molecule has 1 unspecified atom stereocenters. The molecule has 0 aliphatic rings. The maximum absolute atomic E-state index is 9.78. The third-order valence-electron chi connectivity index (χ3n) is 3.24. The maximum atomic E-state index is 9.78. The Morgan fingerprint density at radius 1 is 1.00 bits per heavy atom. The van der Waals surface area contributed by atoms with E-state index in [0.29, 0.717) is 11.7 Å². The molecule has 88 valence electrons. The summed E-state index contributed by atoms with van der Waals surface area (Å²) in [5, 5.41) is 9.78. The number of aryl methyl sites for hydroxylation is 1. The van der Waals surface area contributed by atoms with Crippen LogP contribution in [0.1, 0.15) is 29.5 Å². The van der Waals surface area contributed by atoms with Gasteiger partial charge in [0.1, 0.15) is 5.75 Å². The molecule has 0 fully saturated rings. The summed E-state index contributed by atoms with van der Waals surface area (Å²) < 4.78 is 0. The highest BCUT2D eigenvalue weighted by Crippen LogP contribution is 2.26. The number of aromatic hydroxyl groups is 1. The summed E-state index contributed by atoms with van der Waals surface area (Å²) in [7, 11) is 0. The van der Waals surface area contributed by atoms with Crippen LogP contribution in [0, 0.1) is 6.92 Å². The molecule has 0 amide bonds. The van der Waals surface area contributed by atoms with E-state index in [2.05, 4.69) is 38.1 Å². The highest BCUT2D eigenvalue weighted by molar-refractivity contribution is 5.35. The molecule has 0 aromatic heterocycles. The van der Waals surface area contributed by atoms with Crippen LogP contribution in [0.3, 0.4) is 0 Å². The Kier molecular flexibility index (Phi) is 3.48. The van der Waals surface area contributed by atoms with Gasteiger partial charge >= 0.3 is 0 Å². The van der Waals surface area contributed by atoms with Gasteiger partial charge in [-0.15, -0.1) is 0 Å². The molecule has 1 N–H and O–H groups in total. The van der Waals surface area contributed by atoms with E-state index < -0.39 is 0 Å². The van der Waals surface area contributed by atoms with E-state index in [1.54, 1.807) is 6.07 Å². The first-order valence-electron chi connectivity index (χ1n) is 6.01. The Morgan fingerprint density at radius 2 is 1.65 bits per heavy atom. The lowest BCUT2D eigenvalue weighted by molar-refractivity contribution is 0.466. The van der Waals surface area contributed by atoms with E-state index in [1.165, 1.54) is 11.1 Å². The van der Waals surface area contributed by atoms with Gasteiger partial charge < -0.3 is 5.11 Å². The van der Waals surface area contributed by atoms with Gasteiger partial charge in [-0.2, -0.15) is 0 Å². The van der Waals surface area contributed by atoms with Crippen molar-refractivity contribution < 1.29 is 5.11 Å². The first-order valence-corrected chi connectivity index (χ1v) is 6.01. The molecule has 17 heavy (non-hydrogen) atoms. The number of benzene rings is 2. The minimum absolute atomic E-state index is 0.396. The highest BCUT2D eigenvalue weighted by atomic mass is 16.3. The summed E-state index contributed by atoms with van der Waals surface area (Å²) in [6.45, 7) is 4.34. The van der Waals surface area contributed by atoms with Crippen LogP contribution in [0.15, 0.2) is 48.5 Å². The van der Waals surface area contributed by atoms with Gasteiger partial charge in [0.25, 0.3) is 0 Å². The topological polar surface area (TPSA) is 20.2 Å². The van der Waals surface area contributed by atoms with Crippen LogP contribution < -0.4 is 0 Å². The van der Waals surface area contributed by atoms with Crippen molar-refractivity contribution in [1.82, 2.24) is 0 Å². The van der Waals surface area contributed by atoms with Crippen LogP contribution >= 0.6 is 0 Å². The Balaban J connectivity index is 2.20. The van der Waals surface area contributed by atoms with Gasteiger partial charge in [-0.05, 0) is 42.0 Å². The zero-order valence-electron chi connectivity index (χ0n) is 10.4. The van der Waals surface area contributed by atoms with Crippen molar-refractivity contribution >= 4 is 0 Å². The number of rotatable bonds is 3. The van der Waals surface area contributed by atoms with E-state index in [-0.39, 0.29) is 0 Å². The van der Waals surface area contributed by atoms with Crippen molar-refractivity contribution in [3.63, 3.8) is 0 Å². The van der Waals surface area contributed by atoms with E-state index in [1.807, 2.05) is 18.2 Å². The van der Waals surface area contributed by atoms with Crippen LogP contribution in [-0.4, -0.2) is 5.11 Å². The number of phenols is 1. The van der Waals surface area contributed by atoms with Gasteiger partial charge in [-0.3, -0.25) is 0 Å². The molecule has 0 spiro atoms. The average Bonchev–Trinajstić information content (AvgIpc) is 2.32. The summed E-state index contributed by atoms with van der Waals surface area (Å²) in [6.07, 6.45) is 0.873. The molecular weight excluding hydrogens is 208 g/mol. The first-order chi connectivity index (χ1) is 8.18. The van der Waals surface area contributed by atoms with Crippen molar-refractivity contribution in [1.29, 1.82) is 0 Å². The van der Waals surface area contributed by atoms with Crippen LogP contribution in [-0.2, 0) is 6.42 Å². The molecule has 1 nitrogen and oxygen atoms in total. The van der Waals surface area contributed by atoms with Gasteiger partial charge in [0.05, 0.1) is 0 Å². The second-order valence-corrected chi connectivity index (χ2v) is 4.59. The third-order valence-corrected chi connectivity index (χ3v) is 3.24. The lowest BCUT2D eigenvalue weighted by Gasteiger charge is -2.15. The fourth-order valence-corrected chi connectivity index (χ4v) is 2.26. The smallest absolute Gasteiger partial charge is 0.118 e. The fraction of sp³-hybridized carbons (Fsp3) is 0.250. The molecule has 1 atom stereocenters. The third kappa shape index (κ3) is 2.68. The van der Waals surface area contributed by atoms with Crippen molar-refractivity contribution in [3.8, 4) is 5.75 Å². The van der Waals surface area contributed by atoms with E-state index in [9.17, 15) is 5.11 Å². The Hall–Kier alpha value is -1.76. The molecule has 0 saturated heterocycles. The summed E-state index contributed by atoms with van der Waals surface area (Å²) in [5.74, 6) is 0.817. The number of phenolic OH excluding ortho intramolecular Hbond substituents is 1. The normalized spacial score (nSPS) is 12.4. The van der Waals surface area contributed by atoms with Gasteiger partial charge in [0.2, 0.25) is 0 Å². The van der Waals surface area contributed by atoms with Gasteiger partial charge in [-0.1, -0.05) is 49.4 Å². The Labute approximate surface area is 103 Å². The Bertz CT molecular complexity index is 502. The second-order valence-electron chi connectivity index (χ2n) is 4.59. The molecule has 0 radical (unpaired) electrons. The molecule has 0 aliphatic heterocycles. The predicted molar refractivity (Wildman–Crippen MR) is 71.4 cm³/mol. The average molecular weight is 226 g/mol. The molecule has 0 bridgehead atoms. The molecular formula is C16H18O. The molecule has 1 heteroatoms. The minimum Gasteiger partial charge on any atom is -0.508 e. The summed E-state index contributed by atoms with van der Waals surface area (Å²) in [6, 6.07) is 16.0. The van der Waals surface area contributed by atoms with Gasteiger partial charge in [-0.25, -0.2) is 0 Å². The van der Waals surface area contributed by atoms with Gasteiger partial charge in [0, 0.05) is 0 Å². The van der Waals surface area contributed by atoms with Crippen LogP contribution in [0.5, 0.6) is 5.75 Å². The molecule has 0 heterocycles. The van der Waals surface area contributed by atoms with Crippen molar-refractivity contribution in [2.24, 2.45) is 0 Å². The zero-order valence-corrected chi connectivity index (χ0v) is 10.4. The predicted octanol–water partition coefficient (Wildman–Crippen LogP) is 4.05. The van der Waals surface area contributed by atoms with Gasteiger partial charge in [0.15, 0.2) is 0 Å². The monoisotopic (exact) mass is 226 g/mol. The summed E-state index contributed by atoms with van der Waals surface area (Å²) >= 11 is 0. The van der Waals surface area contributed by atoms with E-state index in [4.69, 9.17) is 0 Å². The summed E-state index contributed by atoms with van der Waals surface area (Å²) in [5.41, 5.74) is 3.69. The Morgan fingerprint density at radius 3 is 2.35 bits per heavy atom. The lowest BCUT2D eigenvalue weighted by atomic mass is 9.90.